The third-order valence-electron chi connectivity index (χ3n) is 3.14. The molecule has 1 aromatic rings. The van der Waals surface area contributed by atoms with E-state index in [1.165, 1.54) is 0 Å². The molecule has 0 saturated carbocycles. The van der Waals surface area contributed by atoms with Crippen molar-refractivity contribution in [2.45, 2.75) is 30.6 Å². The first-order valence-corrected chi connectivity index (χ1v) is 5.78. The standard InChI is InChI=1S/C10H15N3O7/c11-3-1-13(10(19)12-8(3)18)9-7(17)6(16)5(15)4(2-14)20-9/h1,4-7,9,14-17H,2,11H2,(H,12,18,19)/t4-,5+,6-,7+,9-/m1/s1. The predicted octanol–water partition coefficient (Wildman–Crippen LogP) is -3.91. The fourth-order valence-electron chi connectivity index (χ4n) is 2.00. The molecule has 1 aliphatic rings. The van der Waals surface area contributed by atoms with Crippen molar-refractivity contribution >= 4 is 5.69 Å². The Bertz CT molecular complexity index is 595. The summed E-state index contributed by atoms with van der Waals surface area (Å²) in [5, 5.41) is 38.2. The highest BCUT2D eigenvalue weighted by Gasteiger charge is 2.44. The smallest absolute Gasteiger partial charge is 0.330 e. The number of aliphatic hydroxyl groups excluding tert-OH is 4. The van der Waals surface area contributed by atoms with E-state index in [1.54, 1.807) is 0 Å². The molecule has 0 bridgehead atoms. The van der Waals surface area contributed by atoms with Gasteiger partial charge in [-0.1, -0.05) is 0 Å². The van der Waals surface area contributed by atoms with Crippen LogP contribution < -0.4 is 17.0 Å². The molecule has 0 aromatic carbocycles. The number of nitrogens with one attached hydrogen (secondary N) is 1. The van der Waals surface area contributed by atoms with Gasteiger partial charge in [0.05, 0.1) is 6.61 Å². The molecule has 1 fully saturated rings. The van der Waals surface area contributed by atoms with E-state index in [1.807, 2.05) is 4.98 Å². The quantitative estimate of drug-likeness (QED) is 0.320. The molecule has 10 heteroatoms. The second-order valence-electron chi connectivity index (χ2n) is 4.47. The summed E-state index contributed by atoms with van der Waals surface area (Å²) in [7, 11) is 0. The highest BCUT2D eigenvalue weighted by Crippen LogP contribution is 2.27. The minimum atomic E-state index is -1.64. The van der Waals surface area contributed by atoms with Gasteiger partial charge >= 0.3 is 5.69 Å². The van der Waals surface area contributed by atoms with E-state index in [4.69, 9.17) is 15.6 Å². The lowest BCUT2D eigenvalue weighted by molar-refractivity contribution is -0.252. The molecule has 1 aliphatic heterocycles. The Morgan fingerprint density at radius 1 is 1.25 bits per heavy atom. The van der Waals surface area contributed by atoms with Crippen molar-refractivity contribution in [2.75, 3.05) is 12.3 Å². The zero-order valence-electron chi connectivity index (χ0n) is 10.2. The number of aromatic amines is 1. The zero-order valence-corrected chi connectivity index (χ0v) is 10.2. The summed E-state index contributed by atoms with van der Waals surface area (Å²) in [6, 6.07) is 0. The topological polar surface area (TPSA) is 171 Å². The number of H-pyrrole nitrogens is 1. The minimum Gasteiger partial charge on any atom is -0.394 e. The average molecular weight is 289 g/mol. The van der Waals surface area contributed by atoms with Crippen molar-refractivity contribution < 1.29 is 25.2 Å². The van der Waals surface area contributed by atoms with Gasteiger partial charge < -0.3 is 30.9 Å². The molecule has 0 amide bonds. The third-order valence-corrected chi connectivity index (χ3v) is 3.14. The van der Waals surface area contributed by atoms with Crippen molar-refractivity contribution in [3.05, 3.63) is 27.0 Å². The van der Waals surface area contributed by atoms with Crippen molar-refractivity contribution in [3.8, 4) is 0 Å². The van der Waals surface area contributed by atoms with Gasteiger partial charge in [-0.3, -0.25) is 14.3 Å². The van der Waals surface area contributed by atoms with Crippen LogP contribution in [0.1, 0.15) is 6.23 Å². The Morgan fingerprint density at radius 3 is 2.50 bits per heavy atom. The molecule has 1 saturated heterocycles. The number of anilines is 1. The monoisotopic (exact) mass is 289 g/mol. The van der Waals surface area contributed by atoms with Crippen LogP contribution in [0.2, 0.25) is 0 Å². The highest BCUT2D eigenvalue weighted by molar-refractivity contribution is 5.30. The van der Waals surface area contributed by atoms with Gasteiger partial charge in [-0.25, -0.2) is 4.79 Å². The van der Waals surface area contributed by atoms with E-state index < -0.39 is 48.5 Å². The number of nitrogens with two attached hydrogens (primary N) is 1. The SMILES string of the molecule is Nc1cn([C@@H]2O[C@H](CO)[C@H](O)[C@@H](O)[C@@H]2O)c(=O)[nH]c1=O. The maximum atomic E-state index is 11.7. The van der Waals surface area contributed by atoms with Gasteiger partial charge in [-0.05, 0) is 0 Å². The molecule has 0 radical (unpaired) electrons. The highest BCUT2D eigenvalue weighted by atomic mass is 16.6. The van der Waals surface area contributed by atoms with Crippen molar-refractivity contribution in [3.63, 3.8) is 0 Å². The molecular weight excluding hydrogens is 274 g/mol. The fraction of sp³-hybridized carbons (Fsp3) is 0.600. The molecule has 5 atom stereocenters. The molecule has 10 nitrogen and oxygen atoms in total. The van der Waals surface area contributed by atoms with E-state index >= 15 is 0 Å². The van der Waals surface area contributed by atoms with Gasteiger partial charge in [-0.15, -0.1) is 0 Å². The molecule has 2 rings (SSSR count). The van der Waals surface area contributed by atoms with Gasteiger partial charge in [0.25, 0.3) is 5.56 Å². The molecule has 0 aliphatic carbocycles. The Balaban J connectivity index is 2.44. The lowest BCUT2D eigenvalue weighted by Gasteiger charge is -2.40. The van der Waals surface area contributed by atoms with Crippen LogP contribution in [0.25, 0.3) is 0 Å². The molecule has 7 N–H and O–H groups in total. The lowest BCUT2D eigenvalue weighted by atomic mass is 9.98. The molecular formula is C10H15N3O7. The Hall–Kier alpha value is -1.72. The van der Waals surface area contributed by atoms with E-state index in [-0.39, 0.29) is 5.69 Å². The van der Waals surface area contributed by atoms with Crippen LogP contribution >= 0.6 is 0 Å². The third kappa shape index (κ3) is 2.34. The fourth-order valence-corrected chi connectivity index (χ4v) is 2.00. The normalized spacial score (nSPS) is 34.1. The number of hydrogen-bond donors (Lipinski definition) is 6. The first-order chi connectivity index (χ1) is 9.36. The van der Waals surface area contributed by atoms with Crippen molar-refractivity contribution in [2.24, 2.45) is 0 Å². The number of nitrogens with zero attached hydrogens (tertiary/aromatic N) is 1. The van der Waals surface area contributed by atoms with Crippen LogP contribution in [0.4, 0.5) is 5.69 Å². The van der Waals surface area contributed by atoms with Crippen LogP contribution in [0, 0.1) is 0 Å². The van der Waals surface area contributed by atoms with Crippen molar-refractivity contribution in [1.29, 1.82) is 0 Å². The Labute approximate surface area is 111 Å². The van der Waals surface area contributed by atoms with Gasteiger partial charge in [0.15, 0.2) is 6.23 Å². The van der Waals surface area contributed by atoms with Gasteiger partial charge in [0.1, 0.15) is 30.1 Å². The number of aliphatic hydroxyl groups is 4. The summed E-state index contributed by atoms with van der Waals surface area (Å²) in [6.45, 7) is -0.630. The van der Waals surface area contributed by atoms with Crippen molar-refractivity contribution in [1.82, 2.24) is 9.55 Å². The molecule has 0 unspecified atom stereocenters. The summed E-state index contributed by atoms with van der Waals surface area (Å²) in [5.41, 5.74) is 3.37. The van der Waals surface area contributed by atoms with E-state index in [2.05, 4.69) is 0 Å². The van der Waals surface area contributed by atoms with Crippen LogP contribution in [0.15, 0.2) is 15.8 Å². The summed E-state index contributed by atoms with van der Waals surface area (Å²) in [4.78, 5) is 24.8. The molecule has 112 valence electrons. The second-order valence-corrected chi connectivity index (χ2v) is 4.47. The number of nitrogen functional groups attached to an aromatic ring is 1. The largest absolute Gasteiger partial charge is 0.394 e. The first kappa shape index (κ1) is 14.7. The van der Waals surface area contributed by atoms with Crippen LogP contribution in [-0.2, 0) is 4.74 Å². The summed E-state index contributed by atoms with van der Waals surface area (Å²) >= 11 is 0. The Morgan fingerprint density at radius 2 is 1.90 bits per heavy atom. The lowest BCUT2D eigenvalue weighted by Crippen LogP contribution is -2.57. The Kier molecular flexibility index (Phi) is 3.92. The van der Waals surface area contributed by atoms with Gasteiger partial charge in [0.2, 0.25) is 0 Å². The number of ether oxygens (including phenoxy) is 1. The summed E-state index contributed by atoms with van der Waals surface area (Å²) < 4.78 is 5.94. The zero-order chi connectivity index (χ0) is 15.0. The number of hydrogen-bond acceptors (Lipinski definition) is 8. The maximum absolute atomic E-state index is 11.7. The molecule has 2 heterocycles. The number of aromatic nitrogens is 2. The number of rotatable bonds is 2. The molecule has 20 heavy (non-hydrogen) atoms. The van der Waals surface area contributed by atoms with Crippen LogP contribution in [-0.4, -0.2) is 61.0 Å². The first-order valence-electron chi connectivity index (χ1n) is 5.78. The van der Waals surface area contributed by atoms with Crippen LogP contribution in [0.3, 0.4) is 0 Å². The van der Waals surface area contributed by atoms with E-state index in [0.717, 1.165) is 10.8 Å². The summed E-state index contributed by atoms with van der Waals surface area (Å²) in [5.74, 6) is 0. The average Bonchev–Trinajstić information content (AvgIpc) is 2.41. The predicted molar refractivity (Wildman–Crippen MR) is 64.8 cm³/mol. The molecule has 0 spiro atoms. The van der Waals surface area contributed by atoms with E-state index in [9.17, 15) is 24.9 Å². The maximum Gasteiger partial charge on any atom is 0.330 e. The van der Waals surface area contributed by atoms with E-state index in [0.29, 0.717) is 0 Å². The van der Waals surface area contributed by atoms with Gasteiger partial charge in [-0.2, -0.15) is 0 Å². The molecule has 1 aromatic heterocycles. The summed E-state index contributed by atoms with van der Waals surface area (Å²) in [6.07, 6.45) is -6.44. The minimum absolute atomic E-state index is 0.290. The van der Waals surface area contributed by atoms with Gasteiger partial charge in [0, 0.05) is 6.20 Å². The van der Waals surface area contributed by atoms with Crippen LogP contribution in [0.5, 0.6) is 0 Å². The second kappa shape index (κ2) is 5.34.